The molecule has 0 saturated carbocycles. The van der Waals surface area contributed by atoms with Gasteiger partial charge < -0.3 is 9.47 Å². The number of esters is 1. The summed E-state index contributed by atoms with van der Waals surface area (Å²) in [5.74, 6) is -0.627. The van der Waals surface area contributed by atoms with Crippen LogP contribution in [0, 0.1) is 11.7 Å². The highest BCUT2D eigenvalue weighted by atomic mass is 32.2. The monoisotopic (exact) mass is 511 g/mol. The van der Waals surface area contributed by atoms with E-state index in [2.05, 4.69) is 0 Å². The van der Waals surface area contributed by atoms with Crippen molar-refractivity contribution in [2.24, 2.45) is 5.92 Å². The maximum atomic E-state index is 13.5. The van der Waals surface area contributed by atoms with Crippen LogP contribution in [0.2, 0.25) is 0 Å². The van der Waals surface area contributed by atoms with Crippen molar-refractivity contribution in [1.82, 2.24) is 4.31 Å². The van der Waals surface area contributed by atoms with Crippen LogP contribution in [0.4, 0.5) is 4.39 Å². The molecule has 0 radical (unpaired) electrons. The van der Waals surface area contributed by atoms with Crippen LogP contribution in [0.5, 0.6) is 5.75 Å². The topological polar surface area (TPSA) is 72.9 Å². The quantitative estimate of drug-likeness (QED) is 0.381. The fourth-order valence-corrected chi connectivity index (χ4v) is 5.84. The first-order chi connectivity index (χ1) is 17.1. The molecule has 0 unspecified atom stereocenters. The fraction of sp³-hybridized carbons (Fsp3) is 0.321. The smallest absolute Gasteiger partial charge is 0.309 e. The summed E-state index contributed by atoms with van der Waals surface area (Å²) >= 11 is 0. The van der Waals surface area contributed by atoms with E-state index in [1.54, 1.807) is 45.0 Å². The van der Waals surface area contributed by atoms with Gasteiger partial charge >= 0.3 is 5.97 Å². The average Bonchev–Trinajstić information content (AvgIpc) is 2.82. The molecule has 0 N–H and O–H groups in total. The van der Waals surface area contributed by atoms with Crippen molar-refractivity contribution in [2.75, 3.05) is 13.1 Å². The summed E-state index contributed by atoms with van der Waals surface area (Å²) in [5, 5.41) is 0. The molecule has 6 nitrogen and oxygen atoms in total. The first-order valence-corrected chi connectivity index (χ1v) is 13.3. The van der Waals surface area contributed by atoms with Crippen LogP contribution in [0.25, 0.3) is 0 Å². The lowest BCUT2D eigenvalue weighted by atomic mass is 9.87. The number of rotatable bonds is 9. The number of carbonyl (C=O) groups is 1. The lowest BCUT2D eigenvalue weighted by Crippen LogP contribution is -2.64. The summed E-state index contributed by atoms with van der Waals surface area (Å²) in [7, 11) is -3.80. The Bertz CT molecular complexity index is 1300. The Kier molecular flexibility index (Phi) is 7.47. The predicted molar refractivity (Wildman–Crippen MR) is 134 cm³/mol. The molecule has 1 saturated heterocycles. The van der Waals surface area contributed by atoms with Crippen LogP contribution in [0.15, 0.2) is 83.8 Å². The van der Waals surface area contributed by atoms with Crippen LogP contribution in [-0.4, -0.2) is 37.9 Å². The summed E-state index contributed by atoms with van der Waals surface area (Å²) < 4.78 is 53.2. The van der Waals surface area contributed by atoms with Gasteiger partial charge in [-0.3, -0.25) is 4.79 Å². The van der Waals surface area contributed by atoms with Gasteiger partial charge in [-0.25, -0.2) is 12.8 Å². The van der Waals surface area contributed by atoms with Gasteiger partial charge in [-0.2, -0.15) is 4.31 Å². The molecular formula is C28H30FNO5S. The zero-order valence-electron chi connectivity index (χ0n) is 20.6. The molecule has 0 aliphatic carbocycles. The molecule has 1 heterocycles. The first kappa shape index (κ1) is 25.9. The van der Waals surface area contributed by atoms with Crippen LogP contribution >= 0.6 is 0 Å². The van der Waals surface area contributed by atoms with Crippen molar-refractivity contribution >= 4 is 16.0 Å². The molecule has 0 aromatic heterocycles. The summed E-state index contributed by atoms with van der Waals surface area (Å²) in [5.41, 5.74) is 0.688. The third kappa shape index (κ3) is 5.60. The molecule has 1 aliphatic rings. The Balaban J connectivity index is 1.53. The number of benzene rings is 3. The molecule has 36 heavy (non-hydrogen) atoms. The van der Waals surface area contributed by atoms with E-state index in [-0.39, 0.29) is 35.9 Å². The minimum atomic E-state index is -3.80. The first-order valence-electron chi connectivity index (χ1n) is 11.9. The maximum Gasteiger partial charge on any atom is 0.309 e. The van der Waals surface area contributed by atoms with E-state index in [9.17, 15) is 17.6 Å². The zero-order chi connectivity index (χ0) is 25.9. The molecule has 3 aromatic rings. The highest BCUT2D eigenvalue weighted by Gasteiger charge is 2.52. The van der Waals surface area contributed by atoms with Gasteiger partial charge in [-0.05, 0) is 67.8 Å². The summed E-state index contributed by atoms with van der Waals surface area (Å²) in [6.07, 6.45) is 0.163. The van der Waals surface area contributed by atoms with Gasteiger partial charge in [-0.15, -0.1) is 0 Å². The van der Waals surface area contributed by atoms with Gasteiger partial charge in [0.05, 0.1) is 30.0 Å². The van der Waals surface area contributed by atoms with Gasteiger partial charge in [-0.1, -0.05) is 49.4 Å². The number of hydrogen-bond acceptors (Lipinski definition) is 5. The SMILES string of the molecule is CC(C)OC(=O)[C@@H](C)Cc1cccc(S(=O)(=O)N2CC(Oc3ccc(F)cc3)(c3ccccc3)C2)c1. The molecule has 1 atom stereocenters. The van der Waals surface area contributed by atoms with Crippen molar-refractivity contribution in [2.45, 2.75) is 43.8 Å². The third-order valence-electron chi connectivity index (χ3n) is 6.12. The Morgan fingerprint density at radius 2 is 1.64 bits per heavy atom. The number of carbonyl (C=O) groups excluding carboxylic acids is 1. The van der Waals surface area contributed by atoms with E-state index in [4.69, 9.17) is 9.47 Å². The van der Waals surface area contributed by atoms with Crippen molar-refractivity contribution < 1.29 is 27.1 Å². The Hall–Kier alpha value is -3.23. The normalized spacial score (nSPS) is 16.2. The van der Waals surface area contributed by atoms with E-state index in [1.165, 1.54) is 28.6 Å². The van der Waals surface area contributed by atoms with E-state index >= 15 is 0 Å². The Morgan fingerprint density at radius 3 is 2.28 bits per heavy atom. The molecule has 4 rings (SSSR count). The molecule has 1 fully saturated rings. The second-order valence-electron chi connectivity index (χ2n) is 9.43. The predicted octanol–water partition coefficient (Wildman–Crippen LogP) is 4.93. The minimum Gasteiger partial charge on any atom is -0.480 e. The molecule has 0 amide bonds. The van der Waals surface area contributed by atoms with Gasteiger partial charge in [0, 0.05) is 0 Å². The van der Waals surface area contributed by atoms with Gasteiger partial charge in [0.15, 0.2) is 5.60 Å². The van der Waals surface area contributed by atoms with Crippen molar-refractivity contribution in [3.8, 4) is 5.75 Å². The van der Waals surface area contributed by atoms with E-state index in [0.29, 0.717) is 12.2 Å². The second-order valence-corrected chi connectivity index (χ2v) is 11.4. The lowest BCUT2D eigenvalue weighted by Gasteiger charge is -2.48. The molecule has 190 valence electrons. The Morgan fingerprint density at radius 1 is 0.972 bits per heavy atom. The van der Waals surface area contributed by atoms with Gasteiger partial charge in [0.25, 0.3) is 0 Å². The maximum absolute atomic E-state index is 13.5. The highest BCUT2D eigenvalue weighted by Crippen LogP contribution is 2.40. The summed E-state index contributed by atoms with van der Waals surface area (Å²) in [6.45, 7) is 5.57. The molecule has 0 bridgehead atoms. The van der Waals surface area contributed by atoms with E-state index < -0.39 is 21.5 Å². The van der Waals surface area contributed by atoms with Crippen LogP contribution < -0.4 is 4.74 Å². The third-order valence-corrected chi connectivity index (χ3v) is 7.91. The number of nitrogens with zero attached hydrogens (tertiary/aromatic N) is 1. The van der Waals surface area contributed by atoms with E-state index in [1.807, 2.05) is 30.3 Å². The fourth-order valence-electron chi connectivity index (χ4n) is 4.24. The zero-order valence-corrected chi connectivity index (χ0v) is 21.4. The number of sulfonamides is 1. The second kappa shape index (κ2) is 10.4. The summed E-state index contributed by atoms with van der Waals surface area (Å²) in [6, 6.07) is 21.8. The molecule has 8 heteroatoms. The summed E-state index contributed by atoms with van der Waals surface area (Å²) in [4.78, 5) is 12.4. The minimum absolute atomic E-state index is 0.109. The number of halogens is 1. The number of ether oxygens (including phenoxy) is 2. The van der Waals surface area contributed by atoms with Crippen LogP contribution in [0.1, 0.15) is 31.9 Å². The molecular weight excluding hydrogens is 481 g/mol. The molecule has 3 aromatic carbocycles. The standard InChI is InChI=1S/C28H30FNO5S/c1-20(2)34-27(31)21(3)16-22-8-7-11-26(17-22)36(32,33)30-18-28(19-30,23-9-5-4-6-10-23)35-25-14-12-24(29)13-15-25/h4-15,17,20-21H,16,18-19H2,1-3H3/t21-/m0/s1. The van der Waals surface area contributed by atoms with E-state index in [0.717, 1.165) is 11.1 Å². The van der Waals surface area contributed by atoms with Crippen molar-refractivity contribution in [3.63, 3.8) is 0 Å². The Labute approximate surface area is 211 Å². The van der Waals surface area contributed by atoms with Crippen molar-refractivity contribution in [3.05, 3.63) is 95.8 Å². The number of hydrogen-bond donors (Lipinski definition) is 0. The van der Waals surface area contributed by atoms with Crippen molar-refractivity contribution in [1.29, 1.82) is 0 Å². The average molecular weight is 512 g/mol. The van der Waals surface area contributed by atoms with Crippen LogP contribution in [-0.2, 0) is 31.6 Å². The van der Waals surface area contributed by atoms with Gasteiger partial charge in [0.2, 0.25) is 10.0 Å². The molecule has 1 aliphatic heterocycles. The lowest BCUT2D eigenvalue weighted by molar-refractivity contribution is -0.151. The van der Waals surface area contributed by atoms with Crippen LogP contribution in [0.3, 0.4) is 0 Å². The van der Waals surface area contributed by atoms with Gasteiger partial charge in [0.1, 0.15) is 11.6 Å². The largest absolute Gasteiger partial charge is 0.480 e. The highest BCUT2D eigenvalue weighted by molar-refractivity contribution is 7.89. The molecule has 0 spiro atoms.